The van der Waals surface area contributed by atoms with E-state index in [0.29, 0.717) is 25.8 Å². The van der Waals surface area contributed by atoms with Gasteiger partial charge < -0.3 is 10.2 Å². The fourth-order valence-electron chi connectivity index (χ4n) is 4.06. The molecule has 0 bridgehead atoms. The van der Waals surface area contributed by atoms with Gasteiger partial charge in [0.05, 0.1) is 0 Å². The zero-order valence-electron chi connectivity index (χ0n) is 19.9. The third kappa shape index (κ3) is 7.04. The molecule has 0 heterocycles. The van der Waals surface area contributed by atoms with Crippen LogP contribution in [-0.2, 0) is 35.4 Å². The van der Waals surface area contributed by atoms with E-state index in [2.05, 4.69) is 42.6 Å². The number of likely N-dealkylation sites (N-methyl/N-ethyl adjacent to an activating group) is 1. The van der Waals surface area contributed by atoms with E-state index < -0.39 is 6.04 Å². The standard InChI is InChI=1S/C29H34N2O2/c1-4-23-13-15-24(16-14-23)17-18-28(32)31(21-26-12-8-9-22(2)19-26)27(29(33)30-3)20-25-10-6-5-7-11-25/h5-16,19,27H,4,17-18,20-21H2,1-3H3,(H,30,33)/t27-/m0/s1. The molecule has 0 aliphatic heterocycles. The second-order valence-corrected chi connectivity index (χ2v) is 8.50. The molecule has 0 unspecified atom stereocenters. The first kappa shape index (κ1) is 24.2. The first-order valence-corrected chi connectivity index (χ1v) is 11.7. The molecule has 3 aromatic rings. The van der Waals surface area contributed by atoms with Crippen LogP contribution in [0.2, 0.25) is 0 Å². The van der Waals surface area contributed by atoms with Gasteiger partial charge in [0.25, 0.3) is 0 Å². The topological polar surface area (TPSA) is 49.4 Å². The van der Waals surface area contributed by atoms with Crippen LogP contribution in [0.25, 0.3) is 0 Å². The summed E-state index contributed by atoms with van der Waals surface area (Å²) in [7, 11) is 1.63. The minimum atomic E-state index is -0.576. The van der Waals surface area contributed by atoms with Crippen molar-refractivity contribution >= 4 is 11.8 Å². The molecule has 4 nitrogen and oxygen atoms in total. The molecule has 4 heteroatoms. The van der Waals surface area contributed by atoms with E-state index in [4.69, 9.17) is 0 Å². The molecule has 2 amide bonds. The summed E-state index contributed by atoms with van der Waals surface area (Å²) in [4.78, 5) is 28.2. The summed E-state index contributed by atoms with van der Waals surface area (Å²) in [6.45, 7) is 4.57. The SMILES string of the molecule is CCc1ccc(CCC(=O)N(Cc2cccc(C)c2)[C@@H](Cc2ccccc2)C(=O)NC)cc1. The van der Waals surface area contributed by atoms with Crippen LogP contribution in [0.3, 0.4) is 0 Å². The average Bonchev–Trinajstić information content (AvgIpc) is 2.85. The number of hydrogen-bond acceptors (Lipinski definition) is 2. The Hall–Kier alpha value is -3.40. The normalized spacial score (nSPS) is 11.6. The second-order valence-electron chi connectivity index (χ2n) is 8.50. The van der Waals surface area contributed by atoms with Crippen molar-refractivity contribution in [2.24, 2.45) is 0 Å². The highest BCUT2D eigenvalue weighted by Crippen LogP contribution is 2.18. The van der Waals surface area contributed by atoms with Gasteiger partial charge in [0, 0.05) is 26.4 Å². The summed E-state index contributed by atoms with van der Waals surface area (Å²) in [6.07, 6.45) is 2.48. The van der Waals surface area contributed by atoms with Crippen molar-refractivity contribution in [3.8, 4) is 0 Å². The lowest BCUT2D eigenvalue weighted by Gasteiger charge is -2.31. The molecule has 0 aliphatic rings. The predicted octanol–water partition coefficient (Wildman–Crippen LogP) is 4.88. The maximum atomic E-state index is 13.5. The summed E-state index contributed by atoms with van der Waals surface area (Å²) < 4.78 is 0. The Morgan fingerprint density at radius 2 is 1.52 bits per heavy atom. The number of carbonyl (C=O) groups excluding carboxylic acids is 2. The predicted molar refractivity (Wildman–Crippen MR) is 134 cm³/mol. The van der Waals surface area contributed by atoms with Gasteiger partial charge >= 0.3 is 0 Å². The Bertz CT molecular complexity index is 1040. The Morgan fingerprint density at radius 3 is 2.15 bits per heavy atom. The van der Waals surface area contributed by atoms with E-state index in [1.807, 2.05) is 55.5 Å². The summed E-state index contributed by atoms with van der Waals surface area (Å²) in [6, 6.07) is 25.9. The van der Waals surface area contributed by atoms with Crippen LogP contribution in [-0.4, -0.2) is 29.8 Å². The van der Waals surface area contributed by atoms with Gasteiger partial charge in [-0.05, 0) is 42.0 Å². The average molecular weight is 443 g/mol. The number of amides is 2. The molecule has 1 atom stereocenters. The quantitative estimate of drug-likeness (QED) is 0.487. The minimum Gasteiger partial charge on any atom is -0.357 e. The number of hydrogen-bond donors (Lipinski definition) is 1. The van der Waals surface area contributed by atoms with Crippen molar-refractivity contribution in [1.29, 1.82) is 0 Å². The lowest BCUT2D eigenvalue weighted by Crippen LogP contribution is -2.49. The van der Waals surface area contributed by atoms with Crippen molar-refractivity contribution in [1.82, 2.24) is 10.2 Å². The maximum Gasteiger partial charge on any atom is 0.242 e. The van der Waals surface area contributed by atoms with E-state index >= 15 is 0 Å². The number of nitrogens with zero attached hydrogens (tertiary/aromatic N) is 1. The van der Waals surface area contributed by atoms with Gasteiger partial charge in [-0.3, -0.25) is 9.59 Å². The van der Waals surface area contributed by atoms with Gasteiger partial charge in [0.1, 0.15) is 6.04 Å². The van der Waals surface area contributed by atoms with Crippen LogP contribution in [0.1, 0.15) is 41.2 Å². The molecule has 0 saturated heterocycles. The molecule has 0 radical (unpaired) electrons. The highest BCUT2D eigenvalue weighted by Gasteiger charge is 2.29. The maximum absolute atomic E-state index is 13.5. The zero-order chi connectivity index (χ0) is 23.6. The number of rotatable bonds is 10. The summed E-state index contributed by atoms with van der Waals surface area (Å²) in [5.74, 6) is -0.159. The Morgan fingerprint density at radius 1 is 0.848 bits per heavy atom. The molecule has 3 aromatic carbocycles. The van der Waals surface area contributed by atoms with E-state index in [1.54, 1.807) is 11.9 Å². The molecule has 0 saturated carbocycles. The summed E-state index contributed by atoms with van der Waals surface area (Å²) in [5, 5.41) is 2.77. The number of aryl methyl sites for hydroxylation is 3. The molecular formula is C29H34N2O2. The third-order valence-corrected chi connectivity index (χ3v) is 6.01. The van der Waals surface area contributed by atoms with Gasteiger partial charge in [0.2, 0.25) is 11.8 Å². The monoisotopic (exact) mass is 442 g/mol. The highest BCUT2D eigenvalue weighted by atomic mass is 16.2. The molecule has 1 N–H and O–H groups in total. The molecule has 0 aromatic heterocycles. The Labute approximate surface area is 197 Å². The molecule has 172 valence electrons. The largest absolute Gasteiger partial charge is 0.357 e. The Kier molecular flexibility index (Phi) is 8.82. The van der Waals surface area contributed by atoms with Crippen molar-refractivity contribution in [2.45, 2.75) is 52.1 Å². The first-order chi connectivity index (χ1) is 16.0. The van der Waals surface area contributed by atoms with Crippen LogP contribution in [0.4, 0.5) is 0 Å². The van der Waals surface area contributed by atoms with Gasteiger partial charge in [-0.25, -0.2) is 0 Å². The van der Waals surface area contributed by atoms with Gasteiger partial charge in [-0.15, -0.1) is 0 Å². The van der Waals surface area contributed by atoms with Crippen LogP contribution >= 0.6 is 0 Å². The molecular weight excluding hydrogens is 408 g/mol. The van der Waals surface area contributed by atoms with E-state index in [1.165, 1.54) is 5.56 Å². The Balaban J connectivity index is 1.85. The van der Waals surface area contributed by atoms with E-state index in [-0.39, 0.29) is 11.8 Å². The van der Waals surface area contributed by atoms with Crippen LogP contribution in [0.5, 0.6) is 0 Å². The van der Waals surface area contributed by atoms with Crippen molar-refractivity contribution in [3.63, 3.8) is 0 Å². The van der Waals surface area contributed by atoms with Crippen LogP contribution in [0.15, 0.2) is 78.9 Å². The fourth-order valence-corrected chi connectivity index (χ4v) is 4.06. The van der Waals surface area contributed by atoms with Crippen molar-refractivity contribution in [3.05, 3.63) is 107 Å². The van der Waals surface area contributed by atoms with Crippen LogP contribution < -0.4 is 5.32 Å². The van der Waals surface area contributed by atoms with Crippen molar-refractivity contribution in [2.75, 3.05) is 7.05 Å². The van der Waals surface area contributed by atoms with E-state index in [0.717, 1.165) is 28.7 Å². The van der Waals surface area contributed by atoms with Gasteiger partial charge in [-0.2, -0.15) is 0 Å². The highest BCUT2D eigenvalue weighted by molar-refractivity contribution is 5.88. The van der Waals surface area contributed by atoms with E-state index in [9.17, 15) is 9.59 Å². The summed E-state index contributed by atoms with van der Waals surface area (Å²) >= 11 is 0. The van der Waals surface area contributed by atoms with Gasteiger partial charge in [-0.1, -0.05) is 91.3 Å². The molecule has 0 aliphatic carbocycles. The molecule has 33 heavy (non-hydrogen) atoms. The minimum absolute atomic E-state index is 0.0133. The second kappa shape index (κ2) is 12.0. The molecule has 0 fully saturated rings. The lowest BCUT2D eigenvalue weighted by molar-refractivity contribution is -0.141. The van der Waals surface area contributed by atoms with Crippen LogP contribution in [0, 0.1) is 6.92 Å². The van der Waals surface area contributed by atoms with Crippen molar-refractivity contribution < 1.29 is 9.59 Å². The summed E-state index contributed by atoms with van der Waals surface area (Å²) in [5.41, 5.74) is 5.61. The fraction of sp³-hybridized carbons (Fsp3) is 0.310. The number of carbonyl (C=O) groups is 2. The number of nitrogens with one attached hydrogen (secondary N) is 1. The molecule has 3 rings (SSSR count). The lowest BCUT2D eigenvalue weighted by atomic mass is 10.0. The third-order valence-electron chi connectivity index (χ3n) is 6.01. The number of benzene rings is 3. The van der Waals surface area contributed by atoms with Gasteiger partial charge in [0.15, 0.2) is 0 Å². The molecule has 0 spiro atoms. The first-order valence-electron chi connectivity index (χ1n) is 11.7. The zero-order valence-corrected chi connectivity index (χ0v) is 19.9. The smallest absolute Gasteiger partial charge is 0.242 e.